The van der Waals surface area contributed by atoms with E-state index >= 15 is 0 Å². The molecule has 34 heavy (non-hydrogen) atoms. The quantitative estimate of drug-likeness (QED) is 0.411. The van der Waals surface area contributed by atoms with E-state index in [0.717, 1.165) is 11.1 Å². The number of carbonyl (C=O) groups excluding carboxylic acids is 3. The van der Waals surface area contributed by atoms with Crippen LogP contribution < -0.4 is 10.6 Å². The highest BCUT2D eigenvalue weighted by molar-refractivity contribution is 6.38. The second-order valence-corrected chi connectivity index (χ2v) is 8.14. The van der Waals surface area contributed by atoms with Gasteiger partial charge in [0.1, 0.15) is 12.1 Å². The van der Waals surface area contributed by atoms with E-state index in [1.54, 1.807) is 19.1 Å². The first-order valence-electron chi connectivity index (χ1n) is 10.8. The van der Waals surface area contributed by atoms with Crippen molar-refractivity contribution in [3.63, 3.8) is 0 Å². The molecule has 0 saturated carbocycles. The fourth-order valence-corrected chi connectivity index (χ4v) is 3.26. The van der Waals surface area contributed by atoms with Crippen molar-refractivity contribution in [2.24, 2.45) is 0 Å². The molecular weight excluding hydrogens is 454 g/mol. The molecule has 2 atom stereocenters. The third-order valence-corrected chi connectivity index (χ3v) is 5.29. The number of carbonyl (C=O) groups is 3. The minimum absolute atomic E-state index is 0.0599. The summed E-state index contributed by atoms with van der Waals surface area (Å²) in [4.78, 5) is 42.4. The maximum Gasteiger partial charge on any atom is 0.289 e. The molecule has 3 aromatic rings. The number of nitrogens with one attached hydrogen (secondary N) is 2. The lowest BCUT2D eigenvalue weighted by Gasteiger charge is -2.20. The summed E-state index contributed by atoms with van der Waals surface area (Å²) >= 11 is 5.82. The molecule has 0 aliphatic heterocycles. The van der Waals surface area contributed by atoms with E-state index in [9.17, 15) is 14.4 Å². The SMILES string of the molecule is C[C@@H](OCc1ccccc1)C(=O)N[C@H](Cc1ccccc1)C(=O)C(=O)NCc1ccc(Cl)cn1. The zero-order chi connectivity index (χ0) is 24.3. The minimum atomic E-state index is -1.05. The third kappa shape index (κ3) is 7.79. The van der Waals surface area contributed by atoms with Crippen molar-refractivity contribution in [1.82, 2.24) is 15.6 Å². The number of halogens is 1. The number of ether oxygens (including phenoxy) is 1. The van der Waals surface area contributed by atoms with Crippen LogP contribution in [0.2, 0.25) is 5.02 Å². The first-order valence-corrected chi connectivity index (χ1v) is 11.2. The molecule has 2 N–H and O–H groups in total. The van der Waals surface area contributed by atoms with Crippen molar-refractivity contribution in [1.29, 1.82) is 0 Å². The van der Waals surface area contributed by atoms with E-state index < -0.39 is 29.7 Å². The fraction of sp³-hybridized carbons (Fsp3) is 0.231. The number of benzene rings is 2. The number of aromatic nitrogens is 1. The van der Waals surface area contributed by atoms with Gasteiger partial charge in [-0.3, -0.25) is 19.4 Å². The predicted molar refractivity (Wildman–Crippen MR) is 129 cm³/mol. The molecule has 8 heteroatoms. The highest BCUT2D eigenvalue weighted by Gasteiger charge is 2.29. The molecule has 0 spiro atoms. The van der Waals surface area contributed by atoms with Gasteiger partial charge in [0, 0.05) is 12.6 Å². The maximum atomic E-state index is 13.0. The van der Waals surface area contributed by atoms with Crippen LogP contribution in [-0.2, 0) is 38.7 Å². The monoisotopic (exact) mass is 479 g/mol. The van der Waals surface area contributed by atoms with Crippen LogP contribution in [0.15, 0.2) is 79.0 Å². The number of pyridine rings is 1. The van der Waals surface area contributed by atoms with E-state index in [1.165, 1.54) is 6.20 Å². The van der Waals surface area contributed by atoms with E-state index in [-0.39, 0.29) is 19.6 Å². The Labute approximate surface area is 203 Å². The van der Waals surface area contributed by atoms with Crippen molar-refractivity contribution < 1.29 is 19.1 Å². The van der Waals surface area contributed by atoms with Crippen LogP contribution in [0.5, 0.6) is 0 Å². The Balaban J connectivity index is 1.63. The van der Waals surface area contributed by atoms with Gasteiger partial charge in [-0.2, -0.15) is 0 Å². The number of ketones is 1. The number of hydrogen-bond donors (Lipinski definition) is 2. The molecule has 0 radical (unpaired) electrons. The molecule has 0 unspecified atom stereocenters. The van der Waals surface area contributed by atoms with Crippen LogP contribution in [-0.4, -0.2) is 34.7 Å². The number of amides is 2. The summed E-state index contributed by atoms with van der Waals surface area (Å²) in [5, 5.41) is 5.71. The second-order valence-electron chi connectivity index (χ2n) is 7.70. The van der Waals surface area contributed by atoms with Gasteiger partial charge in [-0.05, 0) is 30.2 Å². The average Bonchev–Trinajstić information content (AvgIpc) is 2.87. The standard InChI is InChI=1S/C26H26ClN3O4/c1-18(34-17-20-10-6-3-7-11-20)25(32)30-23(14-19-8-4-2-5-9-19)24(31)26(33)29-16-22-13-12-21(27)15-28-22/h2-13,15,18,23H,14,16-17H2,1H3,(H,29,33)(H,30,32)/t18-,23-/m1/s1. The van der Waals surface area contributed by atoms with Gasteiger partial charge in [-0.15, -0.1) is 0 Å². The number of nitrogens with zero attached hydrogens (tertiary/aromatic N) is 1. The summed E-state index contributed by atoms with van der Waals surface area (Å²) in [5.41, 5.74) is 2.29. The van der Waals surface area contributed by atoms with Crippen molar-refractivity contribution in [2.45, 2.75) is 38.6 Å². The Morgan fingerprint density at radius 3 is 2.21 bits per heavy atom. The Morgan fingerprint density at radius 2 is 1.59 bits per heavy atom. The Kier molecular flexibility index (Phi) is 9.31. The summed E-state index contributed by atoms with van der Waals surface area (Å²) < 4.78 is 5.65. The normalized spacial score (nSPS) is 12.4. The summed E-state index contributed by atoms with van der Waals surface area (Å²) in [5.74, 6) is -2.03. The summed E-state index contributed by atoms with van der Waals surface area (Å²) in [6, 6.07) is 20.9. The lowest BCUT2D eigenvalue weighted by atomic mass is 10.0. The lowest BCUT2D eigenvalue weighted by molar-refractivity contribution is -0.141. The fourth-order valence-electron chi connectivity index (χ4n) is 3.15. The zero-order valence-corrected chi connectivity index (χ0v) is 19.5. The van der Waals surface area contributed by atoms with Crippen LogP contribution in [0.3, 0.4) is 0 Å². The van der Waals surface area contributed by atoms with E-state index in [4.69, 9.17) is 16.3 Å². The molecule has 176 valence electrons. The summed E-state index contributed by atoms with van der Waals surface area (Å²) in [7, 11) is 0. The van der Waals surface area contributed by atoms with Gasteiger partial charge >= 0.3 is 0 Å². The molecule has 3 rings (SSSR count). The number of hydrogen-bond acceptors (Lipinski definition) is 5. The molecular formula is C26H26ClN3O4. The van der Waals surface area contributed by atoms with Crippen LogP contribution in [0.4, 0.5) is 0 Å². The van der Waals surface area contributed by atoms with Gasteiger partial charge in [0.25, 0.3) is 5.91 Å². The predicted octanol–water partition coefficient (Wildman–Crippen LogP) is 3.25. The van der Waals surface area contributed by atoms with Crippen LogP contribution in [0.25, 0.3) is 0 Å². The number of Topliss-reactive ketones (excluding diaryl/α,β-unsaturated/α-hetero) is 1. The molecule has 2 amide bonds. The van der Waals surface area contributed by atoms with Crippen LogP contribution in [0.1, 0.15) is 23.7 Å². The highest BCUT2D eigenvalue weighted by Crippen LogP contribution is 2.08. The molecule has 0 bridgehead atoms. The van der Waals surface area contributed by atoms with Gasteiger partial charge in [-0.25, -0.2) is 0 Å². The van der Waals surface area contributed by atoms with Crippen LogP contribution >= 0.6 is 11.6 Å². The van der Waals surface area contributed by atoms with Crippen LogP contribution in [0, 0.1) is 0 Å². The smallest absolute Gasteiger partial charge is 0.289 e. The van der Waals surface area contributed by atoms with Gasteiger partial charge in [0.15, 0.2) is 0 Å². The molecule has 2 aromatic carbocycles. The van der Waals surface area contributed by atoms with Gasteiger partial charge in [0.05, 0.1) is 23.9 Å². The molecule has 0 saturated heterocycles. The van der Waals surface area contributed by atoms with Crippen molar-refractivity contribution >= 4 is 29.2 Å². The van der Waals surface area contributed by atoms with E-state index in [2.05, 4.69) is 15.6 Å². The largest absolute Gasteiger partial charge is 0.364 e. The molecule has 1 heterocycles. The van der Waals surface area contributed by atoms with Gasteiger partial charge < -0.3 is 15.4 Å². The van der Waals surface area contributed by atoms with Gasteiger partial charge in [-0.1, -0.05) is 72.3 Å². The average molecular weight is 480 g/mol. The van der Waals surface area contributed by atoms with E-state index in [1.807, 2.05) is 60.7 Å². The van der Waals surface area contributed by atoms with Crippen molar-refractivity contribution in [3.8, 4) is 0 Å². The third-order valence-electron chi connectivity index (χ3n) is 5.07. The summed E-state index contributed by atoms with van der Waals surface area (Å²) in [6.07, 6.45) is 0.816. The Morgan fingerprint density at radius 1 is 0.941 bits per heavy atom. The molecule has 0 aliphatic carbocycles. The highest BCUT2D eigenvalue weighted by atomic mass is 35.5. The first kappa shape index (κ1) is 25.1. The lowest BCUT2D eigenvalue weighted by Crippen LogP contribution is -2.51. The maximum absolute atomic E-state index is 13.0. The second kappa shape index (κ2) is 12.6. The Bertz CT molecular complexity index is 1090. The summed E-state index contributed by atoms with van der Waals surface area (Å²) in [6.45, 7) is 1.92. The Hall–Kier alpha value is -3.55. The molecule has 0 aliphatic rings. The molecule has 1 aromatic heterocycles. The molecule has 7 nitrogen and oxygen atoms in total. The van der Waals surface area contributed by atoms with Crippen molar-refractivity contribution in [3.05, 3.63) is 101 Å². The minimum Gasteiger partial charge on any atom is -0.364 e. The topological polar surface area (TPSA) is 97.4 Å². The first-order chi connectivity index (χ1) is 16.4. The van der Waals surface area contributed by atoms with E-state index in [0.29, 0.717) is 10.7 Å². The van der Waals surface area contributed by atoms with Gasteiger partial charge in [0.2, 0.25) is 11.7 Å². The number of rotatable bonds is 11. The van der Waals surface area contributed by atoms with Crippen molar-refractivity contribution in [2.75, 3.05) is 0 Å². The molecule has 0 fully saturated rings. The zero-order valence-electron chi connectivity index (χ0n) is 18.7.